The topological polar surface area (TPSA) is 46.5 Å². The summed E-state index contributed by atoms with van der Waals surface area (Å²) in [5.74, 6) is -4.15. The van der Waals surface area contributed by atoms with Crippen LogP contribution < -0.4 is 4.74 Å². The van der Waals surface area contributed by atoms with E-state index in [-0.39, 0.29) is 22.8 Å². The molecule has 2 aromatic rings. The molecule has 6 heteroatoms. The van der Waals surface area contributed by atoms with E-state index in [9.17, 15) is 13.6 Å². The summed E-state index contributed by atoms with van der Waals surface area (Å²) in [4.78, 5) is 10.9. The lowest BCUT2D eigenvalue weighted by molar-refractivity contribution is -0.138. The third-order valence-corrected chi connectivity index (χ3v) is 5.26. The number of aryl methyl sites for hydroxylation is 1. The van der Waals surface area contributed by atoms with Gasteiger partial charge in [0.2, 0.25) is 6.17 Å². The Bertz CT molecular complexity index is 867. The van der Waals surface area contributed by atoms with Crippen LogP contribution in [0, 0.1) is 12.8 Å². The zero-order valence-electron chi connectivity index (χ0n) is 14.0. The number of carboxylic acid groups (broad SMARTS) is 1. The number of fused-ring (bicyclic) bond motifs is 1. The summed E-state index contributed by atoms with van der Waals surface area (Å²) in [6.45, 7) is 1.60. The number of benzene rings is 2. The Balaban J connectivity index is 1.59. The molecule has 0 aliphatic heterocycles. The van der Waals surface area contributed by atoms with Gasteiger partial charge in [-0.25, -0.2) is 8.78 Å². The van der Waals surface area contributed by atoms with Crippen molar-refractivity contribution in [2.45, 2.75) is 37.5 Å². The van der Waals surface area contributed by atoms with Gasteiger partial charge >= 0.3 is 11.8 Å². The molecule has 4 rings (SSSR count). The molecular formula is C20H17F3O3. The molecular weight excluding hydrogens is 345 g/mol. The number of rotatable bonds is 4. The van der Waals surface area contributed by atoms with Gasteiger partial charge in [0.05, 0.1) is 5.92 Å². The summed E-state index contributed by atoms with van der Waals surface area (Å²) < 4.78 is 49.4. The van der Waals surface area contributed by atoms with Crippen molar-refractivity contribution >= 4 is 5.97 Å². The third-order valence-electron chi connectivity index (χ3n) is 5.26. The van der Waals surface area contributed by atoms with Gasteiger partial charge in [-0.05, 0) is 42.5 Å². The largest absolute Gasteiger partial charge is 0.481 e. The van der Waals surface area contributed by atoms with Gasteiger partial charge in [-0.2, -0.15) is 4.39 Å². The van der Waals surface area contributed by atoms with E-state index in [1.807, 2.05) is 0 Å². The zero-order chi connectivity index (χ0) is 18.6. The second-order valence-corrected chi connectivity index (χ2v) is 6.94. The number of aliphatic carboxylic acids is 1. The second kappa shape index (κ2) is 5.76. The minimum Gasteiger partial charge on any atom is -0.481 e. The van der Waals surface area contributed by atoms with Crippen LogP contribution in [0.25, 0.3) is 0 Å². The maximum Gasteiger partial charge on any atom is 0.308 e. The van der Waals surface area contributed by atoms with E-state index in [1.54, 1.807) is 31.2 Å². The SMILES string of the molecule is Cc1cccc2c1C(F)C(F)[C@@]2(F)Oc1ccc([C@@H]2C[C@H]2C(=O)O)cc1. The van der Waals surface area contributed by atoms with Crippen LogP contribution in [0.4, 0.5) is 13.2 Å². The minimum absolute atomic E-state index is 0.00130. The molecule has 2 aliphatic rings. The predicted molar refractivity (Wildman–Crippen MR) is 88.3 cm³/mol. The molecule has 0 bridgehead atoms. The molecule has 26 heavy (non-hydrogen) atoms. The summed E-state index contributed by atoms with van der Waals surface area (Å²) in [6, 6.07) is 10.7. The lowest BCUT2D eigenvalue weighted by atomic mass is 10.0. The molecule has 1 fully saturated rings. The van der Waals surface area contributed by atoms with Crippen molar-refractivity contribution < 1.29 is 27.8 Å². The fraction of sp³-hybridized carbons (Fsp3) is 0.350. The van der Waals surface area contributed by atoms with Crippen molar-refractivity contribution in [1.29, 1.82) is 0 Å². The highest BCUT2D eigenvalue weighted by molar-refractivity contribution is 5.75. The van der Waals surface area contributed by atoms with Crippen molar-refractivity contribution in [2.75, 3.05) is 0 Å². The van der Waals surface area contributed by atoms with E-state index in [2.05, 4.69) is 0 Å². The molecule has 136 valence electrons. The number of alkyl halides is 3. The number of carboxylic acids is 1. The maximum atomic E-state index is 15.3. The zero-order valence-corrected chi connectivity index (χ0v) is 14.0. The number of hydrogen-bond acceptors (Lipinski definition) is 2. The van der Waals surface area contributed by atoms with Gasteiger partial charge in [0.25, 0.3) is 0 Å². The fourth-order valence-electron chi connectivity index (χ4n) is 3.73. The van der Waals surface area contributed by atoms with E-state index in [4.69, 9.17) is 9.84 Å². The number of halogens is 3. The quantitative estimate of drug-likeness (QED) is 0.854. The van der Waals surface area contributed by atoms with Gasteiger partial charge in [0.1, 0.15) is 5.75 Å². The molecule has 1 saturated carbocycles. The van der Waals surface area contributed by atoms with Gasteiger partial charge in [-0.15, -0.1) is 0 Å². The standard InChI is InChI=1S/C20H17F3O3/c1-10-3-2-4-15-16(10)17(21)18(22)20(15,23)26-12-7-5-11(6-8-12)13-9-14(13)19(24)25/h2-8,13-14,17-18H,9H2,1H3,(H,24,25)/t13-,14+,17?,18?,20-/m0/s1. The van der Waals surface area contributed by atoms with Crippen molar-refractivity contribution in [2.24, 2.45) is 5.92 Å². The molecule has 0 spiro atoms. The van der Waals surface area contributed by atoms with Gasteiger partial charge in [-0.3, -0.25) is 4.79 Å². The average molecular weight is 362 g/mol. The molecule has 1 N–H and O–H groups in total. The first kappa shape index (κ1) is 16.9. The van der Waals surface area contributed by atoms with Crippen LogP contribution in [0.3, 0.4) is 0 Å². The van der Waals surface area contributed by atoms with Gasteiger partial charge in [0, 0.05) is 11.1 Å². The van der Waals surface area contributed by atoms with E-state index in [0.717, 1.165) is 5.56 Å². The van der Waals surface area contributed by atoms with Crippen LogP contribution in [-0.2, 0) is 10.6 Å². The van der Waals surface area contributed by atoms with Crippen LogP contribution in [-0.4, -0.2) is 17.2 Å². The number of ether oxygens (including phenoxy) is 1. The first-order chi connectivity index (χ1) is 12.3. The van der Waals surface area contributed by atoms with Crippen molar-refractivity contribution in [1.82, 2.24) is 0 Å². The minimum atomic E-state index is -2.90. The second-order valence-electron chi connectivity index (χ2n) is 6.94. The number of hydrogen-bond donors (Lipinski definition) is 1. The van der Waals surface area contributed by atoms with Crippen molar-refractivity contribution in [3.8, 4) is 5.75 Å². The summed E-state index contributed by atoms with van der Waals surface area (Å²) in [5.41, 5.74) is 1.15. The summed E-state index contributed by atoms with van der Waals surface area (Å²) >= 11 is 0. The Hall–Kier alpha value is -2.50. The lowest BCUT2D eigenvalue weighted by Gasteiger charge is -2.25. The monoisotopic (exact) mass is 362 g/mol. The average Bonchev–Trinajstić information content (AvgIpc) is 3.38. The first-order valence-electron chi connectivity index (χ1n) is 8.41. The predicted octanol–water partition coefficient (Wildman–Crippen LogP) is 4.75. The fourth-order valence-corrected chi connectivity index (χ4v) is 3.73. The van der Waals surface area contributed by atoms with Crippen molar-refractivity contribution in [3.63, 3.8) is 0 Å². The van der Waals surface area contributed by atoms with Crippen molar-refractivity contribution in [3.05, 3.63) is 64.7 Å². The normalized spacial score (nSPS) is 32.2. The smallest absolute Gasteiger partial charge is 0.308 e. The Morgan fingerprint density at radius 3 is 2.50 bits per heavy atom. The Morgan fingerprint density at radius 1 is 1.19 bits per heavy atom. The van der Waals surface area contributed by atoms with E-state index >= 15 is 4.39 Å². The Kier molecular flexibility index (Phi) is 3.75. The highest BCUT2D eigenvalue weighted by Gasteiger charge is 2.57. The van der Waals surface area contributed by atoms with Crippen LogP contribution in [0.15, 0.2) is 42.5 Å². The molecule has 2 aliphatic carbocycles. The molecule has 0 aromatic heterocycles. The lowest BCUT2D eigenvalue weighted by Crippen LogP contribution is -2.35. The highest BCUT2D eigenvalue weighted by Crippen LogP contribution is 2.52. The highest BCUT2D eigenvalue weighted by atomic mass is 19.2. The molecule has 2 unspecified atom stereocenters. The summed E-state index contributed by atoms with van der Waals surface area (Å²) in [5, 5.41) is 8.98. The van der Waals surface area contributed by atoms with Crippen LogP contribution in [0.5, 0.6) is 5.75 Å². The molecule has 3 nitrogen and oxygen atoms in total. The molecule has 2 aromatic carbocycles. The van der Waals surface area contributed by atoms with Crippen LogP contribution in [0.2, 0.25) is 0 Å². The van der Waals surface area contributed by atoms with Crippen LogP contribution in [0.1, 0.15) is 40.8 Å². The summed E-state index contributed by atoms with van der Waals surface area (Å²) in [6.07, 6.45) is -3.98. The Labute approximate surface area is 148 Å². The summed E-state index contributed by atoms with van der Waals surface area (Å²) in [7, 11) is 0. The van der Waals surface area contributed by atoms with Gasteiger partial charge in [-0.1, -0.05) is 30.3 Å². The third kappa shape index (κ3) is 2.47. The van der Waals surface area contributed by atoms with Gasteiger partial charge in [0.15, 0.2) is 6.17 Å². The molecule has 0 radical (unpaired) electrons. The van der Waals surface area contributed by atoms with Gasteiger partial charge < -0.3 is 9.84 Å². The van der Waals surface area contributed by atoms with E-state index in [1.165, 1.54) is 18.2 Å². The molecule has 0 amide bonds. The molecule has 0 saturated heterocycles. The Morgan fingerprint density at radius 2 is 1.88 bits per heavy atom. The number of carbonyl (C=O) groups is 1. The molecule has 0 heterocycles. The van der Waals surface area contributed by atoms with E-state index < -0.39 is 30.1 Å². The first-order valence-corrected chi connectivity index (χ1v) is 8.41. The maximum absolute atomic E-state index is 15.3. The molecule has 5 atom stereocenters. The van der Waals surface area contributed by atoms with E-state index in [0.29, 0.717) is 12.0 Å². The van der Waals surface area contributed by atoms with Crippen LogP contribution >= 0.6 is 0 Å².